The molecule has 44 heavy (non-hydrogen) atoms. The molecule has 2 aromatic heterocycles. The number of amides is 1. The first-order chi connectivity index (χ1) is 21.1. The van der Waals surface area contributed by atoms with Gasteiger partial charge in [-0.2, -0.15) is 0 Å². The fourth-order valence-electron chi connectivity index (χ4n) is 5.52. The van der Waals surface area contributed by atoms with Crippen LogP contribution in [0.2, 0.25) is 0 Å². The molecule has 2 aromatic carbocycles. The van der Waals surface area contributed by atoms with Gasteiger partial charge >= 0.3 is 5.69 Å². The van der Waals surface area contributed by atoms with E-state index >= 15 is 4.39 Å². The summed E-state index contributed by atoms with van der Waals surface area (Å²) in [6, 6.07) is 8.75. The summed E-state index contributed by atoms with van der Waals surface area (Å²) >= 11 is 0. The zero-order chi connectivity index (χ0) is 31.1. The number of rotatable bonds is 7. The number of fused-ring (bicyclic) bond motifs is 1. The Morgan fingerprint density at radius 1 is 1.07 bits per heavy atom. The molecule has 2 aliphatic heterocycles. The number of nitrogens with zero attached hydrogens (tertiary/aromatic N) is 6. The molecule has 4 aromatic rings. The highest BCUT2D eigenvalue weighted by atomic mass is 19.1. The van der Waals surface area contributed by atoms with Gasteiger partial charge in [-0.25, -0.2) is 28.1 Å². The minimum atomic E-state index is -0.895. The minimum Gasteiger partial charge on any atom is -0.436 e. The third kappa shape index (κ3) is 5.63. The van der Waals surface area contributed by atoms with Gasteiger partial charge in [-0.05, 0) is 63.7 Å². The van der Waals surface area contributed by atoms with Crippen molar-refractivity contribution in [3.05, 3.63) is 104 Å². The predicted octanol–water partition coefficient (Wildman–Crippen LogP) is 3.37. The molecule has 1 amide bonds. The highest BCUT2D eigenvalue weighted by Gasteiger charge is 2.33. The van der Waals surface area contributed by atoms with Gasteiger partial charge in [-0.15, -0.1) is 0 Å². The van der Waals surface area contributed by atoms with Crippen LogP contribution in [0.1, 0.15) is 41.5 Å². The lowest BCUT2D eigenvalue weighted by Crippen LogP contribution is -2.58. The number of ether oxygens (including phenoxy) is 1. The van der Waals surface area contributed by atoms with Crippen LogP contribution in [0, 0.1) is 11.6 Å². The summed E-state index contributed by atoms with van der Waals surface area (Å²) in [7, 11) is 2.09. The van der Waals surface area contributed by atoms with Gasteiger partial charge in [0.2, 0.25) is 5.88 Å². The summed E-state index contributed by atoms with van der Waals surface area (Å²) in [5.74, 6) is -1.94. The third-order valence-electron chi connectivity index (χ3n) is 7.95. The van der Waals surface area contributed by atoms with Gasteiger partial charge in [-0.3, -0.25) is 19.1 Å². The number of hydrogen-bond acceptors (Lipinski definition) is 8. The molecule has 2 aliphatic rings. The van der Waals surface area contributed by atoms with Gasteiger partial charge in [0.05, 0.1) is 11.4 Å². The van der Waals surface area contributed by atoms with E-state index in [1.807, 2.05) is 0 Å². The maximum Gasteiger partial charge on any atom is 0.335 e. The van der Waals surface area contributed by atoms with Crippen molar-refractivity contribution in [2.75, 3.05) is 32.0 Å². The van der Waals surface area contributed by atoms with E-state index in [4.69, 9.17) is 4.74 Å². The maximum absolute atomic E-state index is 15.2. The number of aromatic nitrogens is 4. The first kappa shape index (κ1) is 29.3. The van der Waals surface area contributed by atoms with Crippen molar-refractivity contribution in [1.29, 1.82) is 0 Å². The Hall–Kier alpha value is -4.75. The van der Waals surface area contributed by atoms with Crippen molar-refractivity contribution in [2.45, 2.75) is 38.9 Å². The van der Waals surface area contributed by atoms with Gasteiger partial charge in [0, 0.05) is 61.8 Å². The van der Waals surface area contributed by atoms with Gasteiger partial charge in [0.1, 0.15) is 17.7 Å². The maximum atomic E-state index is 15.2. The van der Waals surface area contributed by atoms with Crippen LogP contribution < -0.4 is 21.3 Å². The summed E-state index contributed by atoms with van der Waals surface area (Å²) in [6.07, 6.45) is 3.25. The van der Waals surface area contributed by atoms with Crippen LogP contribution in [0.4, 0.5) is 14.5 Å². The Morgan fingerprint density at radius 2 is 1.82 bits per heavy atom. The molecular weight excluding hydrogens is 572 g/mol. The number of anilines is 1. The van der Waals surface area contributed by atoms with Gasteiger partial charge in [-0.1, -0.05) is 0 Å². The second-order valence-electron chi connectivity index (χ2n) is 11.3. The van der Waals surface area contributed by atoms with E-state index < -0.39 is 34.8 Å². The molecule has 0 unspecified atom stereocenters. The first-order valence-electron chi connectivity index (χ1n) is 14.3. The predicted molar refractivity (Wildman–Crippen MR) is 159 cm³/mol. The summed E-state index contributed by atoms with van der Waals surface area (Å²) in [5.41, 5.74) is -0.0589. The standard InChI is InChI=1S/C31H31F2N7O4/c1-18(2)39-15-24(30(42)40(31(39)43)21-7-4-19(32)5-8-21)28(41)36-20-6-9-27(25(33)12-20)44-29-23-10-11-38(22-13-37(3)14-22)16-26(23)34-17-35-29/h4-9,12,15,17-18,22H,10-11,13-14,16H2,1-3H3,(H,36,41). The lowest BCUT2D eigenvalue weighted by atomic mass is 10.0. The number of carbonyl (C=O) groups excluding carboxylic acids is 1. The average molecular weight is 604 g/mol. The van der Waals surface area contributed by atoms with Crippen LogP contribution in [0.3, 0.4) is 0 Å². The van der Waals surface area contributed by atoms with E-state index in [0.717, 1.165) is 53.7 Å². The minimum absolute atomic E-state index is 0.0701. The molecule has 13 heteroatoms. The highest BCUT2D eigenvalue weighted by Crippen LogP contribution is 2.32. The van der Waals surface area contributed by atoms with Crippen LogP contribution in [0.5, 0.6) is 11.6 Å². The zero-order valence-electron chi connectivity index (χ0n) is 24.5. The highest BCUT2D eigenvalue weighted by molar-refractivity contribution is 6.03. The number of hydrogen-bond donors (Lipinski definition) is 1. The Labute approximate surface area is 251 Å². The fourth-order valence-corrected chi connectivity index (χ4v) is 5.52. The Morgan fingerprint density at radius 3 is 2.50 bits per heavy atom. The fraction of sp³-hybridized carbons (Fsp3) is 0.323. The van der Waals surface area contributed by atoms with E-state index in [2.05, 4.69) is 32.1 Å². The third-order valence-corrected chi connectivity index (χ3v) is 7.95. The molecule has 11 nitrogen and oxygen atoms in total. The van der Waals surface area contributed by atoms with Crippen LogP contribution in [0.15, 0.2) is 64.6 Å². The van der Waals surface area contributed by atoms with Crippen LogP contribution >= 0.6 is 0 Å². The van der Waals surface area contributed by atoms with Crippen molar-refractivity contribution in [2.24, 2.45) is 0 Å². The van der Waals surface area contributed by atoms with Crippen molar-refractivity contribution in [1.82, 2.24) is 28.9 Å². The number of halogens is 2. The number of likely N-dealkylation sites (N-methyl/N-ethyl adjacent to an activating group) is 1. The Bertz CT molecular complexity index is 1850. The molecule has 0 saturated carbocycles. The quantitative estimate of drug-likeness (QED) is 0.342. The molecule has 6 rings (SSSR count). The van der Waals surface area contributed by atoms with Crippen LogP contribution in [0.25, 0.3) is 5.69 Å². The molecule has 1 N–H and O–H groups in total. The van der Waals surface area contributed by atoms with E-state index in [1.165, 1.54) is 41.4 Å². The molecule has 1 saturated heterocycles. The summed E-state index contributed by atoms with van der Waals surface area (Å²) in [4.78, 5) is 53.0. The topological polar surface area (TPSA) is 115 Å². The van der Waals surface area contributed by atoms with Gasteiger partial charge in [0.25, 0.3) is 11.5 Å². The van der Waals surface area contributed by atoms with E-state index in [-0.39, 0.29) is 28.6 Å². The molecule has 0 radical (unpaired) electrons. The molecule has 0 bridgehead atoms. The molecular formula is C31H31F2N7O4. The van der Waals surface area contributed by atoms with E-state index in [1.54, 1.807) is 13.8 Å². The van der Waals surface area contributed by atoms with Crippen LogP contribution in [-0.4, -0.2) is 67.5 Å². The number of benzene rings is 2. The smallest absolute Gasteiger partial charge is 0.335 e. The number of carbonyl (C=O) groups is 1. The molecule has 0 aliphatic carbocycles. The normalized spacial score (nSPS) is 15.6. The number of likely N-dealkylation sites (tertiary alicyclic amines) is 1. The number of nitrogens with one attached hydrogen (secondary N) is 1. The molecule has 4 heterocycles. The second kappa shape index (κ2) is 11.7. The zero-order valence-corrected chi connectivity index (χ0v) is 24.5. The summed E-state index contributed by atoms with van der Waals surface area (Å²) in [5, 5.41) is 2.53. The average Bonchev–Trinajstić information content (AvgIpc) is 2.97. The monoisotopic (exact) mass is 603 g/mol. The van der Waals surface area contributed by atoms with Crippen LogP contribution in [-0.2, 0) is 13.0 Å². The molecule has 1 fully saturated rings. The summed E-state index contributed by atoms with van der Waals surface area (Å²) in [6.45, 7) is 6.97. The van der Waals surface area contributed by atoms with E-state index in [0.29, 0.717) is 19.0 Å². The second-order valence-corrected chi connectivity index (χ2v) is 11.3. The Kier molecular flexibility index (Phi) is 7.82. The first-order valence-corrected chi connectivity index (χ1v) is 14.3. The van der Waals surface area contributed by atoms with Crippen molar-refractivity contribution in [3.8, 4) is 17.3 Å². The van der Waals surface area contributed by atoms with E-state index in [9.17, 15) is 18.8 Å². The van der Waals surface area contributed by atoms with Crippen molar-refractivity contribution in [3.63, 3.8) is 0 Å². The Balaban J connectivity index is 1.22. The van der Waals surface area contributed by atoms with Gasteiger partial charge < -0.3 is 15.0 Å². The summed E-state index contributed by atoms with van der Waals surface area (Å²) < 4.78 is 36.6. The van der Waals surface area contributed by atoms with Gasteiger partial charge in [0.15, 0.2) is 11.6 Å². The molecule has 0 atom stereocenters. The van der Waals surface area contributed by atoms with Crippen molar-refractivity contribution >= 4 is 11.6 Å². The lowest BCUT2D eigenvalue weighted by molar-refractivity contribution is 0.0420. The SMILES string of the molecule is CC(C)n1cc(C(=O)Nc2ccc(Oc3ncnc4c3CCN(C3CN(C)C3)C4)c(F)c2)c(=O)n(-c2ccc(F)cc2)c1=O. The van der Waals surface area contributed by atoms with Crippen molar-refractivity contribution < 1.29 is 18.3 Å². The lowest BCUT2D eigenvalue weighted by Gasteiger charge is -2.45. The molecule has 228 valence electrons. The molecule has 0 spiro atoms. The largest absolute Gasteiger partial charge is 0.436 e.